The molecule has 5 heteroatoms. The Morgan fingerprint density at radius 3 is 2.94 bits per heavy atom. The minimum absolute atomic E-state index is 0.582. The lowest BCUT2D eigenvalue weighted by atomic mass is 10.1. The summed E-state index contributed by atoms with van der Waals surface area (Å²) in [6, 6.07) is 3.92. The van der Waals surface area contributed by atoms with E-state index in [1.165, 1.54) is 0 Å². The van der Waals surface area contributed by atoms with Crippen LogP contribution in [0.3, 0.4) is 0 Å². The SMILES string of the molecule is COc1ncc2cc[nH]c2c1-c1ccn(C)n1. The van der Waals surface area contributed by atoms with Gasteiger partial charge in [0, 0.05) is 31.0 Å². The summed E-state index contributed by atoms with van der Waals surface area (Å²) in [5, 5.41) is 5.44. The van der Waals surface area contributed by atoms with Crippen molar-refractivity contribution in [1.29, 1.82) is 0 Å². The van der Waals surface area contributed by atoms with E-state index in [2.05, 4.69) is 15.1 Å². The zero-order valence-corrected chi connectivity index (χ0v) is 9.64. The van der Waals surface area contributed by atoms with Crippen LogP contribution in [0.2, 0.25) is 0 Å². The largest absolute Gasteiger partial charge is 0.480 e. The highest BCUT2D eigenvalue weighted by Gasteiger charge is 2.15. The van der Waals surface area contributed by atoms with Crippen LogP contribution in [0.15, 0.2) is 30.7 Å². The van der Waals surface area contributed by atoms with E-state index in [-0.39, 0.29) is 0 Å². The Morgan fingerprint density at radius 2 is 2.24 bits per heavy atom. The van der Waals surface area contributed by atoms with Gasteiger partial charge in [-0.3, -0.25) is 4.68 Å². The minimum atomic E-state index is 0.582. The van der Waals surface area contributed by atoms with Crippen LogP contribution in [0, 0.1) is 0 Å². The van der Waals surface area contributed by atoms with E-state index in [0.29, 0.717) is 5.88 Å². The van der Waals surface area contributed by atoms with Crippen molar-refractivity contribution in [1.82, 2.24) is 19.7 Å². The van der Waals surface area contributed by atoms with Gasteiger partial charge in [-0.15, -0.1) is 0 Å². The third-order valence-corrected chi connectivity index (χ3v) is 2.73. The number of nitrogens with zero attached hydrogens (tertiary/aromatic N) is 3. The van der Waals surface area contributed by atoms with Crippen LogP contribution in [0.4, 0.5) is 0 Å². The molecule has 86 valence electrons. The lowest BCUT2D eigenvalue weighted by Crippen LogP contribution is -1.94. The molecule has 0 aromatic carbocycles. The fourth-order valence-corrected chi connectivity index (χ4v) is 1.95. The first kappa shape index (κ1) is 9.89. The Morgan fingerprint density at radius 1 is 1.35 bits per heavy atom. The van der Waals surface area contributed by atoms with E-state index >= 15 is 0 Å². The number of ether oxygens (including phenoxy) is 1. The molecule has 0 bridgehead atoms. The molecule has 0 amide bonds. The molecule has 1 N–H and O–H groups in total. The van der Waals surface area contributed by atoms with Crippen LogP contribution in [0.25, 0.3) is 22.2 Å². The van der Waals surface area contributed by atoms with Crippen molar-refractivity contribution < 1.29 is 4.74 Å². The molecule has 0 spiro atoms. The zero-order chi connectivity index (χ0) is 11.8. The number of hydrogen-bond donors (Lipinski definition) is 1. The fraction of sp³-hybridized carbons (Fsp3) is 0.167. The highest BCUT2D eigenvalue weighted by atomic mass is 16.5. The number of methoxy groups -OCH3 is 1. The second-order valence-corrected chi connectivity index (χ2v) is 3.83. The first-order valence-corrected chi connectivity index (χ1v) is 5.29. The Balaban J connectivity index is 2.35. The summed E-state index contributed by atoms with van der Waals surface area (Å²) in [5.41, 5.74) is 2.75. The van der Waals surface area contributed by atoms with E-state index < -0.39 is 0 Å². The summed E-state index contributed by atoms with van der Waals surface area (Å²) in [6.07, 6.45) is 5.58. The molecule has 3 aromatic rings. The van der Waals surface area contributed by atoms with Crippen LogP contribution in [-0.2, 0) is 7.05 Å². The number of fused-ring (bicyclic) bond motifs is 1. The van der Waals surface area contributed by atoms with Gasteiger partial charge < -0.3 is 9.72 Å². The monoisotopic (exact) mass is 228 g/mol. The lowest BCUT2D eigenvalue weighted by molar-refractivity contribution is 0.400. The molecule has 5 nitrogen and oxygen atoms in total. The van der Waals surface area contributed by atoms with Gasteiger partial charge in [-0.1, -0.05) is 0 Å². The Hall–Kier alpha value is -2.30. The lowest BCUT2D eigenvalue weighted by Gasteiger charge is -2.06. The average molecular weight is 228 g/mol. The van der Waals surface area contributed by atoms with E-state index in [1.807, 2.05) is 31.6 Å². The number of pyridine rings is 1. The van der Waals surface area contributed by atoms with Gasteiger partial charge in [-0.25, -0.2) is 4.98 Å². The number of hydrogen-bond acceptors (Lipinski definition) is 3. The van der Waals surface area contributed by atoms with Crippen LogP contribution in [0.5, 0.6) is 5.88 Å². The number of H-pyrrole nitrogens is 1. The Bertz CT molecular complexity index is 668. The zero-order valence-electron chi connectivity index (χ0n) is 9.64. The van der Waals surface area contributed by atoms with Crippen molar-refractivity contribution in [2.24, 2.45) is 7.05 Å². The highest BCUT2D eigenvalue weighted by molar-refractivity contribution is 5.94. The molecule has 0 aliphatic rings. The number of rotatable bonds is 2. The Kier molecular flexibility index (Phi) is 2.11. The summed E-state index contributed by atoms with van der Waals surface area (Å²) in [6.45, 7) is 0. The van der Waals surface area contributed by atoms with Crippen molar-refractivity contribution in [2.75, 3.05) is 7.11 Å². The van der Waals surface area contributed by atoms with Gasteiger partial charge in [0.1, 0.15) is 0 Å². The number of aryl methyl sites for hydroxylation is 1. The summed E-state index contributed by atoms with van der Waals surface area (Å²) >= 11 is 0. The van der Waals surface area contributed by atoms with Gasteiger partial charge in [0.25, 0.3) is 0 Å². The molecule has 0 aliphatic heterocycles. The molecule has 0 saturated heterocycles. The van der Waals surface area contributed by atoms with E-state index in [0.717, 1.165) is 22.2 Å². The van der Waals surface area contributed by atoms with Gasteiger partial charge in [-0.2, -0.15) is 5.10 Å². The second-order valence-electron chi connectivity index (χ2n) is 3.83. The molecule has 0 unspecified atom stereocenters. The Labute approximate surface area is 98.0 Å². The maximum atomic E-state index is 5.31. The summed E-state index contributed by atoms with van der Waals surface area (Å²) in [7, 11) is 3.50. The normalized spacial score (nSPS) is 10.9. The average Bonchev–Trinajstić information content (AvgIpc) is 2.95. The van der Waals surface area contributed by atoms with Crippen molar-refractivity contribution in [3.63, 3.8) is 0 Å². The standard InChI is InChI=1S/C12H12N4O/c1-16-6-4-9(15-16)10-11-8(3-5-13-11)7-14-12(10)17-2/h3-7,13H,1-2H3. The molecule has 3 heterocycles. The number of aromatic nitrogens is 4. The molecular formula is C12H12N4O. The van der Waals surface area contributed by atoms with E-state index in [4.69, 9.17) is 4.74 Å². The first-order valence-electron chi connectivity index (χ1n) is 5.29. The predicted molar refractivity (Wildman–Crippen MR) is 64.8 cm³/mol. The van der Waals surface area contributed by atoms with E-state index in [9.17, 15) is 0 Å². The topological polar surface area (TPSA) is 55.7 Å². The smallest absolute Gasteiger partial charge is 0.224 e. The van der Waals surface area contributed by atoms with Crippen LogP contribution < -0.4 is 4.74 Å². The van der Waals surface area contributed by atoms with Gasteiger partial charge in [-0.05, 0) is 12.1 Å². The van der Waals surface area contributed by atoms with Crippen LogP contribution in [-0.4, -0.2) is 26.9 Å². The first-order chi connectivity index (χ1) is 8.29. The van der Waals surface area contributed by atoms with Crippen LogP contribution >= 0.6 is 0 Å². The van der Waals surface area contributed by atoms with Gasteiger partial charge in [0.2, 0.25) is 5.88 Å². The minimum Gasteiger partial charge on any atom is -0.480 e. The van der Waals surface area contributed by atoms with Crippen molar-refractivity contribution >= 4 is 10.9 Å². The summed E-state index contributed by atoms with van der Waals surface area (Å²) in [5.74, 6) is 0.582. The predicted octanol–water partition coefficient (Wildman–Crippen LogP) is 1.97. The van der Waals surface area contributed by atoms with Gasteiger partial charge >= 0.3 is 0 Å². The van der Waals surface area contributed by atoms with Crippen molar-refractivity contribution in [2.45, 2.75) is 0 Å². The summed E-state index contributed by atoms with van der Waals surface area (Å²) in [4.78, 5) is 7.49. The molecule has 0 radical (unpaired) electrons. The highest BCUT2D eigenvalue weighted by Crippen LogP contribution is 2.33. The molecule has 17 heavy (non-hydrogen) atoms. The molecule has 0 atom stereocenters. The maximum Gasteiger partial charge on any atom is 0.224 e. The third kappa shape index (κ3) is 1.47. The molecular weight excluding hydrogens is 216 g/mol. The number of nitrogens with one attached hydrogen (secondary N) is 1. The maximum absolute atomic E-state index is 5.31. The van der Waals surface area contributed by atoms with E-state index in [1.54, 1.807) is 18.0 Å². The quantitative estimate of drug-likeness (QED) is 0.729. The molecule has 0 saturated carbocycles. The second kappa shape index (κ2) is 3.62. The number of aromatic amines is 1. The molecule has 3 aromatic heterocycles. The van der Waals surface area contributed by atoms with Crippen molar-refractivity contribution in [3.8, 4) is 17.1 Å². The fourth-order valence-electron chi connectivity index (χ4n) is 1.95. The van der Waals surface area contributed by atoms with Gasteiger partial charge in [0.15, 0.2) is 0 Å². The van der Waals surface area contributed by atoms with Gasteiger partial charge in [0.05, 0.1) is 23.9 Å². The molecule has 3 rings (SSSR count). The van der Waals surface area contributed by atoms with Crippen LogP contribution in [0.1, 0.15) is 0 Å². The van der Waals surface area contributed by atoms with Crippen molar-refractivity contribution in [3.05, 3.63) is 30.7 Å². The molecule has 0 aliphatic carbocycles. The molecule has 0 fully saturated rings. The summed E-state index contributed by atoms with van der Waals surface area (Å²) < 4.78 is 7.07. The third-order valence-electron chi connectivity index (χ3n) is 2.73.